The molecule has 3 aromatic heterocycles. The highest BCUT2D eigenvalue weighted by Crippen LogP contribution is 2.34. The number of fused-ring (bicyclic) bond motifs is 2. The summed E-state index contributed by atoms with van der Waals surface area (Å²) in [4.78, 5) is 52.5. The summed E-state index contributed by atoms with van der Waals surface area (Å²) in [5.41, 5.74) is 14.0. The lowest BCUT2D eigenvalue weighted by atomic mass is 9.93. The molecule has 0 radical (unpaired) electrons. The van der Waals surface area contributed by atoms with E-state index >= 15 is 0 Å². The van der Waals surface area contributed by atoms with Crippen LogP contribution in [-0.4, -0.2) is 104 Å². The lowest BCUT2D eigenvalue weighted by Gasteiger charge is -2.35. The third-order valence-electron chi connectivity index (χ3n) is 10.2. The molecule has 1 atom stereocenters. The molecule has 6 heterocycles. The van der Waals surface area contributed by atoms with Crippen LogP contribution in [0.2, 0.25) is 0 Å². The van der Waals surface area contributed by atoms with Crippen LogP contribution in [0.3, 0.4) is 0 Å². The highest BCUT2D eigenvalue weighted by Gasteiger charge is 2.27. The van der Waals surface area contributed by atoms with Crippen molar-refractivity contribution in [1.29, 1.82) is 0 Å². The average Bonchev–Trinajstić information content (AvgIpc) is 3.57. The molecule has 3 aliphatic heterocycles. The van der Waals surface area contributed by atoms with Gasteiger partial charge in [0.15, 0.2) is 11.5 Å². The number of nitrogens with two attached hydrogens (primary N) is 1. The number of nitrogens with zero attached hydrogens (tertiary/aromatic N) is 9. The van der Waals surface area contributed by atoms with Crippen LogP contribution >= 0.6 is 0 Å². The first kappa shape index (κ1) is 32.8. The van der Waals surface area contributed by atoms with E-state index in [0.717, 1.165) is 84.3 Å². The minimum absolute atomic E-state index is 0.0471. The van der Waals surface area contributed by atoms with Crippen LogP contribution in [0.15, 0.2) is 67.3 Å². The second kappa shape index (κ2) is 13.7. The second-order valence-electron chi connectivity index (χ2n) is 13.6. The number of aromatic nitrogens is 5. The second-order valence-corrected chi connectivity index (χ2v) is 13.6. The number of amides is 2. The molecule has 2 amide bonds. The van der Waals surface area contributed by atoms with Gasteiger partial charge in [-0.2, -0.15) is 0 Å². The Morgan fingerprint density at radius 3 is 2.33 bits per heavy atom. The maximum absolute atomic E-state index is 13.5. The molecule has 2 saturated heterocycles. The van der Waals surface area contributed by atoms with E-state index in [0.29, 0.717) is 38.4 Å². The van der Waals surface area contributed by atoms with Crippen molar-refractivity contribution in [1.82, 2.24) is 34.1 Å². The predicted molar refractivity (Wildman–Crippen MR) is 195 cm³/mol. The van der Waals surface area contributed by atoms with Crippen LogP contribution in [0.25, 0.3) is 28.0 Å². The number of morpholine rings is 1. The van der Waals surface area contributed by atoms with E-state index in [1.807, 2.05) is 44.7 Å². The fourth-order valence-corrected chi connectivity index (χ4v) is 7.44. The van der Waals surface area contributed by atoms with Gasteiger partial charge >= 0.3 is 0 Å². The van der Waals surface area contributed by atoms with Gasteiger partial charge in [0.25, 0.3) is 5.91 Å². The largest absolute Gasteiger partial charge is 0.378 e. The molecular weight excluding hydrogens is 644 g/mol. The van der Waals surface area contributed by atoms with Crippen molar-refractivity contribution in [3.8, 4) is 22.4 Å². The van der Waals surface area contributed by atoms with Gasteiger partial charge in [-0.1, -0.05) is 18.2 Å². The number of carbonyl (C=O) groups excluding carboxylic acids is 2. The summed E-state index contributed by atoms with van der Waals surface area (Å²) in [5.74, 6) is 1.15. The Kier molecular flexibility index (Phi) is 8.82. The van der Waals surface area contributed by atoms with Crippen LogP contribution in [0, 0.1) is 0 Å². The van der Waals surface area contributed by atoms with E-state index in [9.17, 15) is 9.59 Å². The average molecular weight is 687 g/mol. The van der Waals surface area contributed by atoms with Gasteiger partial charge < -0.3 is 29.6 Å². The summed E-state index contributed by atoms with van der Waals surface area (Å²) in [6.07, 6.45) is 9.29. The van der Waals surface area contributed by atoms with Gasteiger partial charge in [-0.15, -0.1) is 0 Å². The van der Waals surface area contributed by atoms with Gasteiger partial charge in [0.1, 0.15) is 0 Å². The van der Waals surface area contributed by atoms with Crippen molar-refractivity contribution in [2.45, 2.75) is 39.3 Å². The Bertz CT molecular complexity index is 2070. The molecule has 0 unspecified atom stereocenters. The first-order valence-electron chi connectivity index (χ1n) is 17.6. The molecule has 2 N–H and O–H groups in total. The number of benzene rings is 2. The first-order valence-corrected chi connectivity index (χ1v) is 17.6. The van der Waals surface area contributed by atoms with Crippen molar-refractivity contribution in [2.75, 3.05) is 68.0 Å². The lowest BCUT2D eigenvalue weighted by molar-refractivity contribution is -0.117. The van der Waals surface area contributed by atoms with Crippen molar-refractivity contribution >= 4 is 34.9 Å². The van der Waals surface area contributed by atoms with Crippen LogP contribution in [0.5, 0.6) is 0 Å². The smallest absolute Gasteiger partial charge is 0.253 e. The number of carbonyl (C=O) groups is 2. The molecule has 0 saturated carbocycles. The van der Waals surface area contributed by atoms with Gasteiger partial charge in [-0.05, 0) is 60.7 Å². The molecule has 0 spiro atoms. The summed E-state index contributed by atoms with van der Waals surface area (Å²) >= 11 is 0. The Balaban J connectivity index is 0.928. The van der Waals surface area contributed by atoms with Crippen LogP contribution < -0.4 is 15.5 Å². The number of anilines is 3. The highest BCUT2D eigenvalue weighted by molar-refractivity contribution is 5.95. The minimum atomic E-state index is 0.0471. The van der Waals surface area contributed by atoms with Crippen LogP contribution in [0.4, 0.5) is 17.5 Å². The highest BCUT2D eigenvalue weighted by atomic mass is 16.5. The van der Waals surface area contributed by atoms with E-state index in [1.165, 1.54) is 5.56 Å². The number of hydrogen-bond acceptors (Lipinski definition) is 10. The lowest BCUT2D eigenvalue weighted by Crippen LogP contribution is -2.48. The van der Waals surface area contributed by atoms with Gasteiger partial charge in [0.2, 0.25) is 11.9 Å². The molecule has 3 aliphatic rings. The summed E-state index contributed by atoms with van der Waals surface area (Å²) < 4.78 is 7.63. The zero-order valence-corrected chi connectivity index (χ0v) is 29.0. The van der Waals surface area contributed by atoms with Crippen LogP contribution in [-0.2, 0) is 22.5 Å². The Hall–Kier alpha value is -5.40. The Morgan fingerprint density at radius 1 is 0.882 bits per heavy atom. The van der Waals surface area contributed by atoms with E-state index in [-0.39, 0.29) is 23.8 Å². The number of piperazine rings is 1. The maximum atomic E-state index is 13.5. The third-order valence-corrected chi connectivity index (χ3v) is 10.2. The number of ether oxygens (including phenoxy) is 1. The molecule has 8 rings (SSSR count). The topological polar surface area (TPSA) is 138 Å². The van der Waals surface area contributed by atoms with Crippen molar-refractivity contribution in [3.63, 3.8) is 0 Å². The maximum Gasteiger partial charge on any atom is 0.253 e. The molecule has 51 heavy (non-hydrogen) atoms. The summed E-state index contributed by atoms with van der Waals surface area (Å²) in [6, 6.07) is 14.4. The zero-order valence-electron chi connectivity index (χ0n) is 29.0. The normalized spacial score (nSPS) is 18.2. The zero-order chi connectivity index (χ0) is 35.1. The van der Waals surface area contributed by atoms with Gasteiger partial charge in [0, 0.05) is 100 Å². The SMILES string of the molecule is CC(=O)N1c2ccc(-c3ccc(C(=O)N4CCN(Cc5cn6cc(-c7cnc(N)nc7)nc(N7CCOCC7)c6n5)CC4)cc3)cc2CC[C@@H]1C. The molecule has 262 valence electrons. The predicted octanol–water partition coefficient (Wildman–Crippen LogP) is 3.92. The molecule has 2 fully saturated rings. The standard InChI is InChI=1S/C38H42N10O3/c1-25-3-4-30-19-29(9-10-34(30)48(25)26(2)49)27-5-7-28(8-6-27)37(50)46-13-11-44(12-14-46)22-32-23-47-24-33(31-20-40-38(39)41-21-31)43-36(35(47)42-32)45-15-17-51-18-16-45/h5-10,19-21,23-25H,3-4,11-18,22H2,1-2H3,(H2,39,40,41)/t25-/m0/s1. The monoisotopic (exact) mass is 686 g/mol. The van der Waals surface area contributed by atoms with Crippen molar-refractivity contribution < 1.29 is 14.3 Å². The Labute approximate surface area is 296 Å². The minimum Gasteiger partial charge on any atom is -0.378 e. The van der Waals surface area contributed by atoms with Crippen LogP contribution in [0.1, 0.15) is 41.9 Å². The first-order chi connectivity index (χ1) is 24.8. The van der Waals surface area contributed by atoms with E-state index in [2.05, 4.69) is 51.1 Å². The number of rotatable bonds is 6. The van der Waals surface area contributed by atoms with Crippen molar-refractivity contribution in [2.24, 2.45) is 0 Å². The molecular formula is C38H42N10O3. The van der Waals surface area contributed by atoms with Gasteiger partial charge in [-0.3, -0.25) is 14.5 Å². The summed E-state index contributed by atoms with van der Waals surface area (Å²) in [6.45, 7) is 9.95. The van der Waals surface area contributed by atoms with Crippen molar-refractivity contribution in [3.05, 3.63) is 84.1 Å². The van der Waals surface area contributed by atoms with Gasteiger partial charge in [-0.25, -0.2) is 19.9 Å². The number of aryl methyl sites for hydroxylation is 1. The van der Waals surface area contributed by atoms with Gasteiger partial charge in [0.05, 0.1) is 24.6 Å². The van der Waals surface area contributed by atoms with E-state index in [1.54, 1.807) is 19.3 Å². The summed E-state index contributed by atoms with van der Waals surface area (Å²) in [5, 5.41) is 0. The Morgan fingerprint density at radius 2 is 1.61 bits per heavy atom. The number of imidazole rings is 1. The molecule has 5 aromatic rings. The quantitative estimate of drug-likeness (QED) is 0.280. The third kappa shape index (κ3) is 6.62. The molecule has 13 heteroatoms. The molecule has 2 aromatic carbocycles. The molecule has 13 nitrogen and oxygen atoms in total. The fraction of sp³-hybridized carbons (Fsp3) is 0.368. The molecule has 0 aliphatic carbocycles. The molecule has 0 bridgehead atoms. The number of hydrogen-bond donors (Lipinski definition) is 1. The number of nitrogen functional groups attached to an aromatic ring is 1. The summed E-state index contributed by atoms with van der Waals surface area (Å²) in [7, 11) is 0. The van der Waals surface area contributed by atoms with E-state index in [4.69, 9.17) is 20.4 Å². The fourth-order valence-electron chi connectivity index (χ4n) is 7.44. The van der Waals surface area contributed by atoms with E-state index < -0.39 is 0 Å².